The van der Waals surface area contributed by atoms with Crippen LogP contribution in [0.3, 0.4) is 0 Å². The number of amides is 1. The van der Waals surface area contributed by atoms with Gasteiger partial charge in [0.05, 0.1) is 15.0 Å². The van der Waals surface area contributed by atoms with Crippen LogP contribution in [0.5, 0.6) is 0 Å². The monoisotopic (exact) mass is 440 g/mol. The van der Waals surface area contributed by atoms with Gasteiger partial charge < -0.3 is 10.1 Å². The maximum absolute atomic E-state index is 12.1. The Hall–Kier alpha value is -2.45. The van der Waals surface area contributed by atoms with Crippen molar-refractivity contribution in [2.45, 2.75) is 19.6 Å². The lowest BCUT2D eigenvalue weighted by atomic mass is 10.2. The van der Waals surface area contributed by atoms with E-state index in [9.17, 15) is 19.7 Å². The molecule has 0 aliphatic carbocycles. The van der Waals surface area contributed by atoms with E-state index in [0.717, 1.165) is 11.6 Å². The summed E-state index contributed by atoms with van der Waals surface area (Å²) in [6.07, 6.45) is -1.08. The quantitative estimate of drug-likeness (QED) is 0.417. The number of halogens is 2. The summed E-state index contributed by atoms with van der Waals surface area (Å²) in [4.78, 5) is 34.5. The van der Waals surface area contributed by atoms with Crippen molar-refractivity contribution in [1.82, 2.24) is 5.32 Å². The van der Waals surface area contributed by atoms with E-state index in [-0.39, 0.29) is 22.3 Å². The highest BCUT2D eigenvalue weighted by Crippen LogP contribution is 2.26. The third-order valence-corrected chi connectivity index (χ3v) is 4.48. The van der Waals surface area contributed by atoms with Crippen molar-refractivity contribution in [2.75, 3.05) is 0 Å². The summed E-state index contributed by atoms with van der Waals surface area (Å²) in [5, 5.41) is 14.1. The molecule has 136 valence electrons. The molecule has 0 bridgehead atoms. The van der Waals surface area contributed by atoms with Crippen molar-refractivity contribution in [3.63, 3.8) is 0 Å². The maximum Gasteiger partial charge on any atom is 0.339 e. The largest absolute Gasteiger partial charge is 0.449 e. The number of nitro benzene ring substituents is 1. The molecule has 0 radical (unpaired) electrons. The Labute approximate surface area is 162 Å². The maximum atomic E-state index is 12.1. The van der Waals surface area contributed by atoms with Crippen molar-refractivity contribution < 1.29 is 19.2 Å². The molecule has 7 nitrogen and oxygen atoms in total. The number of carbonyl (C=O) groups is 2. The fourth-order valence-corrected chi connectivity index (χ4v) is 2.62. The lowest BCUT2D eigenvalue weighted by molar-refractivity contribution is -0.385. The molecule has 1 N–H and O–H groups in total. The third-order valence-electron chi connectivity index (χ3n) is 3.44. The van der Waals surface area contributed by atoms with E-state index in [2.05, 4.69) is 21.2 Å². The molecule has 1 unspecified atom stereocenters. The van der Waals surface area contributed by atoms with Gasteiger partial charge in [-0.3, -0.25) is 14.9 Å². The first-order valence-corrected chi connectivity index (χ1v) is 8.62. The highest BCUT2D eigenvalue weighted by Gasteiger charge is 2.21. The molecular weight excluding hydrogens is 428 g/mol. The van der Waals surface area contributed by atoms with E-state index in [1.807, 2.05) is 0 Å². The standard InChI is InChI=1S/C17H14BrClN2O5/c1-10(16(22)20-9-12-4-2-3-5-14(12)19)26-17(23)11-6-7-13(18)15(8-11)21(24)25/h2-8,10H,9H2,1H3,(H,20,22). The second-order valence-corrected chi connectivity index (χ2v) is 6.54. The van der Waals surface area contributed by atoms with Crippen molar-refractivity contribution in [2.24, 2.45) is 0 Å². The topological polar surface area (TPSA) is 98.5 Å². The molecule has 1 atom stereocenters. The van der Waals surface area contributed by atoms with Gasteiger partial charge in [-0.2, -0.15) is 0 Å². The van der Waals surface area contributed by atoms with Gasteiger partial charge in [-0.1, -0.05) is 29.8 Å². The average molecular weight is 442 g/mol. The summed E-state index contributed by atoms with van der Waals surface area (Å²) in [7, 11) is 0. The lowest BCUT2D eigenvalue weighted by Gasteiger charge is -2.14. The number of esters is 1. The zero-order valence-electron chi connectivity index (χ0n) is 13.6. The number of ether oxygens (including phenoxy) is 1. The highest BCUT2D eigenvalue weighted by molar-refractivity contribution is 9.10. The van der Waals surface area contributed by atoms with Crippen LogP contribution in [0.2, 0.25) is 5.02 Å². The van der Waals surface area contributed by atoms with Crippen LogP contribution in [0.15, 0.2) is 46.9 Å². The second kappa shape index (κ2) is 8.77. The summed E-state index contributed by atoms with van der Waals surface area (Å²) in [5.41, 5.74) is 0.436. The van der Waals surface area contributed by atoms with Crippen LogP contribution in [0.4, 0.5) is 5.69 Å². The number of hydrogen-bond donors (Lipinski definition) is 1. The normalized spacial score (nSPS) is 11.5. The van der Waals surface area contributed by atoms with Crippen molar-refractivity contribution in [1.29, 1.82) is 0 Å². The van der Waals surface area contributed by atoms with Crippen LogP contribution in [0.25, 0.3) is 0 Å². The van der Waals surface area contributed by atoms with Crippen molar-refractivity contribution >= 4 is 45.1 Å². The number of nitrogens with zero attached hydrogens (tertiary/aromatic N) is 1. The smallest absolute Gasteiger partial charge is 0.339 e. The Morgan fingerprint density at radius 2 is 2.00 bits per heavy atom. The van der Waals surface area contributed by atoms with Gasteiger partial charge in [-0.15, -0.1) is 0 Å². The second-order valence-electron chi connectivity index (χ2n) is 5.28. The predicted molar refractivity (Wildman–Crippen MR) is 99.0 cm³/mol. The SMILES string of the molecule is CC(OC(=O)c1ccc(Br)c([N+](=O)[O-])c1)C(=O)NCc1ccccc1Cl. The molecule has 2 aromatic rings. The van der Waals surface area contributed by atoms with Gasteiger partial charge in [0.1, 0.15) is 0 Å². The van der Waals surface area contributed by atoms with Gasteiger partial charge in [-0.25, -0.2) is 4.79 Å². The predicted octanol–water partition coefficient (Wildman–Crippen LogP) is 3.87. The van der Waals surface area contributed by atoms with Gasteiger partial charge in [-0.05, 0) is 46.6 Å². The van der Waals surface area contributed by atoms with Crippen molar-refractivity contribution in [3.8, 4) is 0 Å². The highest BCUT2D eigenvalue weighted by atomic mass is 79.9. The zero-order chi connectivity index (χ0) is 19.3. The van der Waals surface area contributed by atoms with Crippen LogP contribution in [-0.2, 0) is 16.1 Å². The van der Waals surface area contributed by atoms with E-state index in [1.54, 1.807) is 24.3 Å². The third kappa shape index (κ3) is 5.03. The first kappa shape index (κ1) is 19.9. The Kier molecular flexibility index (Phi) is 6.70. The molecule has 2 rings (SSSR count). The molecule has 0 fully saturated rings. The molecule has 9 heteroatoms. The van der Waals surface area contributed by atoms with Crippen LogP contribution in [0.1, 0.15) is 22.8 Å². The number of hydrogen-bond acceptors (Lipinski definition) is 5. The fourth-order valence-electron chi connectivity index (χ4n) is 2.03. The van der Waals surface area contributed by atoms with E-state index in [1.165, 1.54) is 19.1 Å². The summed E-state index contributed by atoms with van der Waals surface area (Å²) in [6.45, 7) is 1.59. The number of carbonyl (C=O) groups excluding carboxylic acids is 2. The van der Waals surface area contributed by atoms with Gasteiger partial charge >= 0.3 is 5.97 Å². The molecule has 0 spiro atoms. The number of rotatable bonds is 6. The average Bonchev–Trinajstić information content (AvgIpc) is 2.60. The Morgan fingerprint density at radius 3 is 2.65 bits per heavy atom. The molecule has 2 aromatic carbocycles. The number of nitrogens with one attached hydrogen (secondary N) is 1. The van der Waals surface area contributed by atoms with E-state index in [0.29, 0.717) is 5.02 Å². The van der Waals surface area contributed by atoms with Crippen molar-refractivity contribution in [3.05, 3.63) is 73.2 Å². The molecule has 0 saturated heterocycles. The van der Waals surface area contributed by atoms with Crippen LogP contribution in [0, 0.1) is 10.1 Å². The first-order chi connectivity index (χ1) is 12.3. The van der Waals surface area contributed by atoms with Gasteiger partial charge in [0.2, 0.25) is 0 Å². The lowest BCUT2D eigenvalue weighted by Crippen LogP contribution is -2.35. The van der Waals surface area contributed by atoms with Crippen LogP contribution >= 0.6 is 27.5 Å². The summed E-state index contributed by atoms with van der Waals surface area (Å²) in [6, 6.07) is 10.9. The van der Waals surface area contributed by atoms with Crippen LogP contribution < -0.4 is 5.32 Å². The molecule has 1 amide bonds. The zero-order valence-corrected chi connectivity index (χ0v) is 15.9. The molecule has 0 heterocycles. The molecule has 0 saturated carbocycles. The molecule has 26 heavy (non-hydrogen) atoms. The minimum absolute atomic E-state index is 0.0225. The van der Waals surface area contributed by atoms with E-state index < -0.39 is 22.9 Å². The van der Waals surface area contributed by atoms with Gasteiger partial charge in [0, 0.05) is 17.6 Å². The summed E-state index contributed by atoms with van der Waals surface area (Å²) in [5.74, 6) is -1.34. The summed E-state index contributed by atoms with van der Waals surface area (Å²) < 4.78 is 5.31. The van der Waals surface area contributed by atoms with E-state index in [4.69, 9.17) is 16.3 Å². The van der Waals surface area contributed by atoms with Crippen LogP contribution in [-0.4, -0.2) is 22.9 Å². The minimum atomic E-state index is -1.08. The Bertz CT molecular complexity index is 859. The van der Waals surface area contributed by atoms with Gasteiger partial charge in [0.15, 0.2) is 6.10 Å². The first-order valence-electron chi connectivity index (χ1n) is 7.45. The molecule has 0 aromatic heterocycles. The number of benzene rings is 2. The molecular formula is C17H14BrClN2O5. The van der Waals surface area contributed by atoms with E-state index >= 15 is 0 Å². The fraction of sp³-hybridized carbons (Fsp3) is 0.176. The Morgan fingerprint density at radius 1 is 1.31 bits per heavy atom. The molecule has 0 aliphatic heterocycles. The Balaban J connectivity index is 1.98. The minimum Gasteiger partial charge on any atom is -0.449 e. The molecule has 0 aliphatic rings. The summed E-state index contributed by atoms with van der Waals surface area (Å²) >= 11 is 9.04. The van der Waals surface area contributed by atoms with Gasteiger partial charge in [0.25, 0.3) is 11.6 Å². The number of nitro groups is 1.